The van der Waals surface area contributed by atoms with Gasteiger partial charge in [-0.15, -0.1) is 10.2 Å². The summed E-state index contributed by atoms with van der Waals surface area (Å²) in [7, 11) is 1.98. The Balaban J connectivity index is 1.24. The Bertz CT molecular complexity index is 830. The van der Waals surface area contributed by atoms with E-state index in [4.69, 9.17) is 0 Å². The SMILES string of the molecule is Cc1cc(N2CCC(NC(=O)N3CCC(c4nncn4C)CC3)CC2)nc(C)n1. The number of urea groups is 1. The maximum atomic E-state index is 12.7. The molecule has 2 amide bonds. The molecular weight excluding hydrogens is 368 g/mol. The fraction of sp³-hybridized carbons (Fsp3) is 0.650. The Morgan fingerprint density at radius 3 is 2.41 bits per heavy atom. The van der Waals surface area contributed by atoms with E-state index < -0.39 is 0 Å². The van der Waals surface area contributed by atoms with Crippen LogP contribution < -0.4 is 10.2 Å². The van der Waals surface area contributed by atoms with Gasteiger partial charge in [0, 0.05) is 56.9 Å². The maximum absolute atomic E-state index is 12.7. The highest BCUT2D eigenvalue weighted by molar-refractivity contribution is 5.74. The van der Waals surface area contributed by atoms with Crippen LogP contribution in [-0.4, -0.2) is 67.9 Å². The zero-order valence-electron chi connectivity index (χ0n) is 17.5. The zero-order valence-corrected chi connectivity index (χ0v) is 17.5. The summed E-state index contributed by atoms with van der Waals surface area (Å²) in [6.45, 7) is 7.25. The van der Waals surface area contributed by atoms with Crippen molar-refractivity contribution >= 4 is 11.8 Å². The molecule has 9 nitrogen and oxygen atoms in total. The molecule has 0 unspecified atom stereocenters. The first kappa shape index (κ1) is 19.6. The Morgan fingerprint density at radius 1 is 1.07 bits per heavy atom. The number of rotatable bonds is 3. The Hall–Kier alpha value is -2.71. The molecule has 9 heteroatoms. The third-order valence-corrected chi connectivity index (χ3v) is 5.99. The number of anilines is 1. The van der Waals surface area contributed by atoms with Gasteiger partial charge >= 0.3 is 6.03 Å². The molecule has 2 aliphatic rings. The lowest BCUT2D eigenvalue weighted by Gasteiger charge is -2.36. The van der Waals surface area contributed by atoms with E-state index in [2.05, 4.69) is 30.4 Å². The van der Waals surface area contributed by atoms with Gasteiger partial charge < -0.3 is 19.7 Å². The van der Waals surface area contributed by atoms with E-state index in [-0.39, 0.29) is 12.1 Å². The number of carbonyl (C=O) groups is 1. The number of nitrogens with zero attached hydrogens (tertiary/aromatic N) is 7. The molecule has 0 bridgehead atoms. The third kappa shape index (κ3) is 4.49. The summed E-state index contributed by atoms with van der Waals surface area (Å²) >= 11 is 0. The summed E-state index contributed by atoms with van der Waals surface area (Å²) in [4.78, 5) is 25.9. The quantitative estimate of drug-likeness (QED) is 0.847. The average molecular weight is 399 g/mol. The van der Waals surface area contributed by atoms with Crippen molar-refractivity contribution in [2.75, 3.05) is 31.1 Å². The van der Waals surface area contributed by atoms with Crippen molar-refractivity contribution in [3.8, 4) is 0 Å². The predicted octanol–water partition coefficient (Wildman–Crippen LogP) is 1.78. The van der Waals surface area contributed by atoms with E-state index in [9.17, 15) is 4.79 Å². The minimum absolute atomic E-state index is 0.0635. The van der Waals surface area contributed by atoms with E-state index in [0.717, 1.165) is 75.0 Å². The molecule has 0 atom stereocenters. The molecule has 2 saturated heterocycles. The Morgan fingerprint density at radius 2 is 1.79 bits per heavy atom. The fourth-order valence-corrected chi connectivity index (χ4v) is 4.38. The summed E-state index contributed by atoms with van der Waals surface area (Å²) in [5.41, 5.74) is 0.993. The monoisotopic (exact) mass is 398 g/mol. The third-order valence-electron chi connectivity index (χ3n) is 5.99. The number of hydrogen-bond acceptors (Lipinski definition) is 6. The van der Waals surface area contributed by atoms with Gasteiger partial charge in [-0.3, -0.25) is 0 Å². The van der Waals surface area contributed by atoms with Crippen LogP contribution in [0.2, 0.25) is 0 Å². The lowest BCUT2D eigenvalue weighted by Crippen LogP contribution is -2.51. The van der Waals surface area contributed by atoms with E-state index in [1.807, 2.05) is 36.4 Å². The van der Waals surface area contributed by atoms with Crippen molar-refractivity contribution in [1.82, 2.24) is 34.9 Å². The first-order valence-corrected chi connectivity index (χ1v) is 10.5. The first-order valence-electron chi connectivity index (χ1n) is 10.5. The van der Waals surface area contributed by atoms with Gasteiger partial charge in [0.15, 0.2) is 0 Å². The molecule has 2 aromatic heterocycles. The lowest BCUT2D eigenvalue weighted by molar-refractivity contribution is 0.174. The lowest BCUT2D eigenvalue weighted by atomic mass is 9.96. The highest BCUT2D eigenvalue weighted by Crippen LogP contribution is 2.26. The second kappa shape index (κ2) is 8.34. The molecule has 29 heavy (non-hydrogen) atoms. The Kier molecular flexibility index (Phi) is 5.64. The number of piperidine rings is 2. The van der Waals surface area contributed by atoms with E-state index >= 15 is 0 Å². The van der Waals surface area contributed by atoms with E-state index in [1.165, 1.54) is 0 Å². The van der Waals surface area contributed by atoms with Crippen molar-refractivity contribution < 1.29 is 4.79 Å². The number of amides is 2. The Labute approximate surface area is 171 Å². The molecule has 2 aromatic rings. The molecule has 0 aliphatic carbocycles. The van der Waals surface area contributed by atoms with Crippen molar-refractivity contribution in [2.45, 2.75) is 51.5 Å². The molecule has 0 radical (unpaired) electrons. The van der Waals surface area contributed by atoms with Crippen molar-refractivity contribution in [3.05, 3.63) is 29.7 Å². The number of hydrogen-bond donors (Lipinski definition) is 1. The molecule has 156 valence electrons. The largest absolute Gasteiger partial charge is 0.356 e. The van der Waals surface area contributed by atoms with Crippen LogP contribution in [0.1, 0.15) is 48.9 Å². The molecular formula is C20H30N8O. The van der Waals surface area contributed by atoms with Crippen LogP contribution in [0.4, 0.5) is 10.6 Å². The van der Waals surface area contributed by atoms with Crippen LogP contribution in [0.15, 0.2) is 12.4 Å². The van der Waals surface area contributed by atoms with E-state index in [0.29, 0.717) is 5.92 Å². The topological polar surface area (TPSA) is 92.1 Å². The molecule has 1 N–H and O–H groups in total. The van der Waals surface area contributed by atoms with Gasteiger partial charge in [0.2, 0.25) is 0 Å². The number of aromatic nitrogens is 5. The van der Waals surface area contributed by atoms with Gasteiger partial charge in [0.1, 0.15) is 23.8 Å². The van der Waals surface area contributed by atoms with Gasteiger partial charge in [0.25, 0.3) is 0 Å². The predicted molar refractivity (Wildman–Crippen MR) is 110 cm³/mol. The minimum Gasteiger partial charge on any atom is -0.356 e. The second-order valence-electron chi connectivity index (χ2n) is 8.19. The summed E-state index contributed by atoms with van der Waals surface area (Å²) in [5, 5.41) is 11.4. The van der Waals surface area contributed by atoms with Crippen molar-refractivity contribution in [1.29, 1.82) is 0 Å². The van der Waals surface area contributed by atoms with Gasteiger partial charge in [-0.1, -0.05) is 0 Å². The van der Waals surface area contributed by atoms with Crippen molar-refractivity contribution in [2.24, 2.45) is 7.05 Å². The molecule has 0 spiro atoms. The number of carbonyl (C=O) groups excluding carboxylic acids is 1. The summed E-state index contributed by atoms with van der Waals surface area (Å²) in [6.07, 6.45) is 5.48. The van der Waals surface area contributed by atoms with Gasteiger partial charge in [-0.05, 0) is 39.5 Å². The van der Waals surface area contributed by atoms with Crippen LogP contribution in [0.3, 0.4) is 0 Å². The maximum Gasteiger partial charge on any atom is 0.317 e. The van der Waals surface area contributed by atoms with Crippen LogP contribution >= 0.6 is 0 Å². The number of nitrogens with one attached hydrogen (secondary N) is 1. The van der Waals surface area contributed by atoms with Crippen LogP contribution in [-0.2, 0) is 7.05 Å². The van der Waals surface area contributed by atoms with Gasteiger partial charge in [-0.2, -0.15) is 0 Å². The highest BCUT2D eigenvalue weighted by atomic mass is 16.2. The standard InChI is InChI=1S/C20H30N8O/c1-14-12-18(23-15(2)22-14)27-10-6-17(7-11-27)24-20(29)28-8-4-16(5-9-28)19-25-21-13-26(19)3/h12-13,16-17H,4-11H2,1-3H3,(H,24,29). The number of likely N-dealkylation sites (tertiary alicyclic amines) is 1. The smallest absolute Gasteiger partial charge is 0.317 e. The molecule has 2 fully saturated rings. The normalized spacial score (nSPS) is 18.9. The number of aryl methyl sites for hydroxylation is 3. The zero-order chi connectivity index (χ0) is 20.4. The summed E-state index contributed by atoms with van der Waals surface area (Å²) < 4.78 is 1.98. The fourth-order valence-electron chi connectivity index (χ4n) is 4.38. The molecule has 4 rings (SSSR count). The molecule has 4 heterocycles. The molecule has 0 saturated carbocycles. The van der Waals surface area contributed by atoms with Gasteiger partial charge in [-0.25, -0.2) is 14.8 Å². The summed E-state index contributed by atoms with van der Waals surface area (Å²) in [5.74, 6) is 3.20. The van der Waals surface area contributed by atoms with E-state index in [1.54, 1.807) is 6.33 Å². The van der Waals surface area contributed by atoms with Gasteiger partial charge in [0.05, 0.1) is 0 Å². The molecule has 2 aliphatic heterocycles. The van der Waals surface area contributed by atoms with Crippen molar-refractivity contribution in [3.63, 3.8) is 0 Å². The average Bonchev–Trinajstić information content (AvgIpc) is 3.14. The molecule has 0 aromatic carbocycles. The highest BCUT2D eigenvalue weighted by Gasteiger charge is 2.28. The summed E-state index contributed by atoms with van der Waals surface area (Å²) in [6, 6.07) is 2.32. The van der Waals surface area contributed by atoms with Crippen LogP contribution in [0, 0.1) is 13.8 Å². The minimum atomic E-state index is 0.0635. The first-order chi connectivity index (χ1) is 14.0. The van der Waals surface area contributed by atoms with Crippen LogP contribution in [0.25, 0.3) is 0 Å². The second-order valence-corrected chi connectivity index (χ2v) is 8.19. The van der Waals surface area contributed by atoms with Crippen LogP contribution in [0.5, 0.6) is 0 Å².